The topological polar surface area (TPSA) is 50.8 Å². The maximum Gasteiger partial charge on any atom is 0.321 e. The number of thioether (sulfide) groups is 1. The number of nitrogens with one attached hydrogen (secondary N) is 1. The molecule has 0 spiro atoms. The van der Waals surface area contributed by atoms with Gasteiger partial charge in [-0.15, -0.1) is 11.8 Å². The largest absolute Gasteiger partial charge is 0.486 e. The smallest absolute Gasteiger partial charge is 0.321 e. The lowest BCUT2D eigenvalue weighted by molar-refractivity contribution is 0.171. The fraction of sp³-hybridized carbons (Fsp3) is 0.562. The van der Waals surface area contributed by atoms with Gasteiger partial charge in [0.25, 0.3) is 0 Å². The highest BCUT2D eigenvalue weighted by molar-refractivity contribution is 7.98. The maximum absolute atomic E-state index is 12.4. The standard InChI is InChI=1S/C16H22N2O3S/c1-11-3-5-18(6-4-11)16(19)17-12-9-13-14(10-15(12)22-2)21-8-7-20-13/h9-11H,3-8H2,1-2H3,(H,17,19). The van der Waals surface area contributed by atoms with Gasteiger partial charge >= 0.3 is 6.03 Å². The van der Waals surface area contributed by atoms with Crippen molar-refractivity contribution in [3.63, 3.8) is 0 Å². The number of piperidine rings is 1. The molecule has 0 unspecified atom stereocenters. The van der Waals surface area contributed by atoms with Gasteiger partial charge in [0, 0.05) is 24.1 Å². The molecule has 0 aromatic heterocycles. The van der Waals surface area contributed by atoms with Crippen LogP contribution in [-0.4, -0.2) is 43.5 Å². The lowest BCUT2D eigenvalue weighted by Gasteiger charge is -2.30. The molecule has 5 nitrogen and oxygen atoms in total. The molecule has 1 saturated heterocycles. The summed E-state index contributed by atoms with van der Waals surface area (Å²) in [6, 6.07) is 3.77. The number of nitrogens with zero attached hydrogens (tertiary/aromatic N) is 1. The van der Waals surface area contributed by atoms with Crippen LogP contribution in [0.1, 0.15) is 19.8 Å². The van der Waals surface area contributed by atoms with E-state index in [1.807, 2.05) is 23.3 Å². The Kier molecular flexibility index (Phi) is 4.66. The van der Waals surface area contributed by atoms with E-state index in [-0.39, 0.29) is 6.03 Å². The molecule has 3 rings (SSSR count). The summed E-state index contributed by atoms with van der Waals surface area (Å²) >= 11 is 1.59. The minimum atomic E-state index is -0.0288. The van der Waals surface area contributed by atoms with Gasteiger partial charge in [-0.25, -0.2) is 4.79 Å². The van der Waals surface area contributed by atoms with Crippen LogP contribution in [0.15, 0.2) is 17.0 Å². The first-order chi connectivity index (χ1) is 10.7. The van der Waals surface area contributed by atoms with E-state index in [0.717, 1.165) is 42.3 Å². The zero-order valence-corrected chi connectivity index (χ0v) is 13.9. The van der Waals surface area contributed by atoms with Crippen molar-refractivity contribution in [1.29, 1.82) is 0 Å². The summed E-state index contributed by atoms with van der Waals surface area (Å²) in [6.45, 7) is 5.00. The molecule has 1 aromatic carbocycles. The van der Waals surface area contributed by atoms with Crippen molar-refractivity contribution in [2.24, 2.45) is 5.92 Å². The first kappa shape index (κ1) is 15.3. The number of fused-ring (bicyclic) bond motifs is 1. The van der Waals surface area contributed by atoms with Crippen molar-refractivity contribution in [2.45, 2.75) is 24.7 Å². The van der Waals surface area contributed by atoms with Crippen molar-refractivity contribution in [3.8, 4) is 11.5 Å². The highest BCUT2D eigenvalue weighted by atomic mass is 32.2. The summed E-state index contributed by atoms with van der Waals surface area (Å²) < 4.78 is 11.2. The molecular weight excluding hydrogens is 300 g/mol. The Morgan fingerprint density at radius 3 is 2.50 bits per heavy atom. The number of ether oxygens (including phenoxy) is 2. The third kappa shape index (κ3) is 3.27. The van der Waals surface area contributed by atoms with Crippen LogP contribution in [0.3, 0.4) is 0 Å². The molecule has 120 valence electrons. The van der Waals surface area contributed by atoms with Crippen LogP contribution in [0.4, 0.5) is 10.5 Å². The van der Waals surface area contributed by atoms with Gasteiger partial charge < -0.3 is 19.7 Å². The van der Waals surface area contributed by atoms with Crippen LogP contribution in [0.25, 0.3) is 0 Å². The number of rotatable bonds is 2. The van der Waals surface area contributed by atoms with E-state index >= 15 is 0 Å². The number of hydrogen-bond acceptors (Lipinski definition) is 4. The molecule has 2 aliphatic rings. The maximum atomic E-state index is 12.4. The SMILES string of the molecule is CSc1cc2c(cc1NC(=O)N1CCC(C)CC1)OCCO2. The normalized spacial score (nSPS) is 18.2. The molecular formula is C16H22N2O3S. The van der Waals surface area contributed by atoms with Gasteiger partial charge in [0.2, 0.25) is 0 Å². The number of anilines is 1. The molecule has 0 atom stereocenters. The molecule has 1 N–H and O–H groups in total. The van der Waals surface area contributed by atoms with Crippen LogP contribution in [0, 0.1) is 5.92 Å². The molecule has 0 radical (unpaired) electrons. The summed E-state index contributed by atoms with van der Waals surface area (Å²) in [6.07, 6.45) is 4.14. The number of hydrogen-bond donors (Lipinski definition) is 1. The molecule has 0 saturated carbocycles. The van der Waals surface area contributed by atoms with E-state index in [0.29, 0.717) is 24.9 Å². The van der Waals surface area contributed by atoms with E-state index in [9.17, 15) is 4.79 Å². The summed E-state index contributed by atoms with van der Waals surface area (Å²) in [5.41, 5.74) is 0.792. The second kappa shape index (κ2) is 6.69. The highest BCUT2D eigenvalue weighted by Gasteiger charge is 2.22. The van der Waals surface area contributed by atoms with Gasteiger partial charge in [0.1, 0.15) is 13.2 Å². The second-order valence-corrected chi connectivity index (χ2v) is 6.64. The zero-order valence-electron chi connectivity index (χ0n) is 13.1. The molecule has 2 aliphatic heterocycles. The molecule has 0 aliphatic carbocycles. The van der Waals surface area contributed by atoms with Crippen LogP contribution in [0.5, 0.6) is 11.5 Å². The fourth-order valence-electron chi connectivity index (χ4n) is 2.74. The van der Waals surface area contributed by atoms with Crippen LogP contribution in [-0.2, 0) is 0 Å². The van der Waals surface area contributed by atoms with E-state index in [1.165, 1.54) is 0 Å². The summed E-state index contributed by atoms with van der Waals surface area (Å²) in [5.74, 6) is 2.16. The Morgan fingerprint density at radius 2 is 1.86 bits per heavy atom. The van der Waals surface area contributed by atoms with E-state index in [4.69, 9.17) is 9.47 Å². The van der Waals surface area contributed by atoms with Crippen molar-refractivity contribution < 1.29 is 14.3 Å². The lowest BCUT2D eigenvalue weighted by atomic mass is 10.00. The van der Waals surface area contributed by atoms with Crippen molar-refractivity contribution in [2.75, 3.05) is 37.9 Å². The predicted octanol–water partition coefficient (Wildman–Crippen LogP) is 3.44. The van der Waals surface area contributed by atoms with Gasteiger partial charge in [-0.2, -0.15) is 0 Å². The quantitative estimate of drug-likeness (QED) is 0.848. The minimum absolute atomic E-state index is 0.0288. The van der Waals surface area contributed by atoms with Crippen molar-refractivity contribution in [1.82, 2.24) is 4.90 Å². The molecule has 1 aromatic rings. The van der Waals surface area contributed by atoms with Crippen molar-refractivity contribution in [3.05, 3.63) is 12.1 Å². The minimum Gasteiger partial charge on any atom is -0.486 e. The average Bonchev–Trinajstić information content (AvgIpc) is 2.54. The first-order valence-electron chi connectivity index (χ1n) is 7.71. The van der Waals surface area contributed by atoms with Gasteiger partial charge in [-0.1, -0.05) is 6.92 Å². The average molecular weight is 322 g/mol. The number of amides is 2. The molecule has 22 heavy (non-hydrogen) atoms. The number of benzene rings is 1. The Bertz CT molecular complexity index is 557. The van der Waals surface area contributed by atoms with E-state index in [1.54, 1.807) is 11.8 Å². The molecule has 2 amide bonds. The fourth-order valence-corrected chi connectivity index (χ4v) is 3.30. The Hall–Kier alpha value is -1.56. The van der Waals surface area contributed by atoms with Gasteiger partial charge in [-0.05, 0) is 31.1 Å². The molecule has 1 fully saturated rings. The zero-order chi connectivity index (χ0) is 15.5. The molecule has 2 heterocycles. The van der Waals surface area contributed by atoms with Crippen LogP contribution >= 0.6 is 11.8 Å². The van der Waals surface area contributed by atoms with Crippen LogP contribution in [0.2, 0.25) is 0 Å². The van der Waals surface area contributed by atoms with E-state index < -0.39 is 0 Å². The second-order valence-electron chi connectivity index (χ2n) is 5.80. The third-order valence-corrected chi connectivity index (χ3v) is 4.95. The van der Waals surface area contributed by atoms with Gasteiger partial charge in [0.05, 0.1) is 5.69 Å². The number of carbonyl (C=O) groups is 1. The predicted molar refractivity (Wildman–Crippen MR) is 88.2 cm³/mol. The van der Waals surface area contributed by atoms with Crippen LogP contribution < -0.4 is 14.8 Å². The molecule has 6 heteroatoms. The van der Waals surface area contributed by atoms with Crippen molar-refractivity contribution >= 4 is 23.5 Å². The Labute approximate surface area is 135 Å². The Morgan fingerprint density at radius 1 is 1.23 bits per heavy atom. The monoisotopic (exact) mass is 322 g/mol. The lowest BCUT2D eigenvalue weighted by Crippen LogP contribution is -2.40. The highest BCUT2D eigenvalue weighted by Crippen LogP contribution is 2.39. The Balaban J connectivity index is 1.75. The number of likely N-dealkylation sites (tertiary alicyclic amines) is 1. The van der Waals surface area contributed by atoms with E-state index in [2.05, 4.69) is 12.2 Å². The number of urea groups is 1. The van der Waals surface area contributed by atoms with Gasteiger partial charge in [-0.3, -0.25) is 0 Å². The first-order valence-corrected chi connectivity index (χ1v) is 8.93. The third-order valence-electron chi connectivity index (χ3n) is 4.18. The summed E-state index contributed by atoms with van der Waals surface area (Å²) in [4.78, 5) is 15.3. The summed E-state index contributed by atoms with van der Waals surface area (Å²) in [5, 5.41) is 3.03. The van der Waals surface area contributed by atoms with Gasteiger partial charge in [0.15, 0.2) is 11.5 Å². The summed E-state index contributed by atoms with van der Waals surface area (Å²) in [7, 11) is 0. The molecule has 0 bridgehead atoms. The number of carbonyl (C=O) groups excluding carboxylic acids is 1.